The van der Waals surface area contributed by atoms with Crippen LogP contribution in [0.2, 0.25) is 0 Å². The Bertz CT molecular complexity index is 754. The number of aromatic amines is 1. The van der Waals surface area contributed by atoms with Gasteiger partial charge in [-0.3, -0.25) is 4.98 Å². The molecule has 2 aromatic heterocycles. The van der Waals surface area contributed by atoms with Crippen LogP contribution in [0, 0.1) is 0 Å². The third-order valence-corrected chi connectivity index (χ3v) is 3.61. The van der Waals surface area contributed by atoms with E-state index in [-0.39, 0.29) is 0 Å². The van der Waals surface area contributed by atoms with E-state index in [4.69, 9.17) is 4.42 Å². The molecule has 0 spiro atoms. The number of thiazole rings is 1. The first-order chi connectivity index (χ1) is 8.63. The Hall–Kier alpha value is -1.92. The summed E-state index contributed by atoms with van der Waals surface area (Å²) >= 11 is 1.40. The second kappa shape index (κ2) is 4.08. The van der Waals surface area contributed by atoms with Crippen LogP contribution in [0.4, 0.5) is 0 Å². The molecule has 0 aliphatic rings. The third kappa shape index (κ3) is 1.85. The standard InChI is InChI=1S/C12H10N2O3S/c1-6(15)11-13-9(5-18-11)7-2-3-8-10(4-7)17-12(16)14-8/h2-6,15H,1H3,(H,14,16). The van der Waals surface area contributed by atoms with Crippen LogP contribution >= 0.6 is 11.3 Å². The molecule has 0 aliphatic carbocycles. The maximum absolute atomic E-state index is 11.1. The molecule has 0 saturated carbocycles. The van der Waals surface area contributed by atoms with E-state index in [1.54, 1.807) is 19.1 Å². The Morgan fingerprint density at radius 3 is 3.06 bits per heavy atom. The topological polar surface area (TPSA) is 79.1 Å². The summed E-state index contributed by atoms with van der Waals surface area (Å²) in [7, 11) is 0. The van der Waals surface area contributed by atoms with Gasteiger partial charge in [-0.25, -0.2) is 9.78 Å². The van der Waals surface area contributed by atoms with E-state index >= 15 is 0 Å². The van der Waals surface area contributed by atoms with Crippen molar-refractivity contribution < 1.29 is 9.52 Å². The first-order valence-electron chi connectivity index (χ1n) is 5.40. The number of hydrogen-bond donors (Lipinski definition) is 2. The van der Waals surface area contributed by atoms with Crippen molar-refractivity contribution in [1.82, 2.24) is 9.97 Å². The Balaban J connectivity index is 2.09. The molecule has 0 amide bonds. The molecule has 2 heterocycles. The molecule has 5 nitrogen and oxygen atoms in total. The predicted octanol–water partition coefficient (Wildman–Crippen LogP) is 2.30. The fraction of sp³-hybridized carbons (Fsp3) is 0.167. The number of aliphatic hydroxyl groups is 1. The summed E-state index contributed by atoms with van der Waals surface area (Å²) in [5.41, 5.74) is 2.79. The number of oxazole rings is 1. The fourth-order valence-electron chi connectivity index (χ4n) is 1.72. The fourth-order valence-corrected chi connectivity index (χ4v) is 2.49. The van der Waals surface area contributed by atoms with E-state index in [9.17, 15) is 9.90 Å². The van der Waals surface area contributed by atoms with Gasteiger partial charge in [-0.1, -0.05) is 6.07 Å². The second-order valence-electron chi connectivity index (χ2n) is 3.97. The molecule has 1 atom stereocenters. The maximum Gasteiger partial charge on any atom is 0.417 e. The Kier molecular flexibility index (Phi) is 2.53. The Morgan fingerprint density at radius 1 is 1.50 bits per heavy atom. The molecule has 2 N–H and O–H groups in total. The molecule has 3 rings (SSSR count). The first-order valence-corrected chi connectivity index (χ1v) is 6.28. The Morgan fingerprint density at radius 2 is 2.33 bits per heavy atom. The highest BCUT2D eigenvalue weighted by atomic mass is 32.1. The molecule has 0 fully saturated rings. The van der Waals surface area contributed by atoms with Crippen LogP contribution in [0.15, 0.2) is 32.8 Å². The number of hydrogen-bond acceptors (Lipinski definition) is 5. The van der Waals surface area contributed by atoms with Gasteiger partial charge in [0.1, 0.15) is 11.1 Å². The zero-order valence-corrected chi connectivity index (χ0v) is 10.3. The zero-order chi connectivity index (χ0) is 12.7. The van der Waals surface area contributed by atoms with Crippen LogP contribution in [0.5, 0.6) is 0 Å². The van der Waals surface area contributed by atoms with Crippen molar-refractivity contribution in [1.29, 1.82) is 0 Å². The highest BCUT2D eigenvalue weighted by molar-refractivity contribution is 7.10. The number of H-pyrrole nitrogens is 1. The number of nitrogens with zero attached hydrogens (tertiary/aromatic N) is 1. The largest absolute Gasteiger partial charge is 0.417 e. The van der Waals surface area contributed by atoms with E-state index in [0.29, 0.717) is 16.1 Å². The summed E-state index contributed by atoms with van der Waals surface area (Å²) in [4.78, 5) is 18.0. The van der Waals surface area contributed by atoms with Crippen molar-refractivity contribution in [3.8, 4) is 11.3 Å². The van der Waals surface area contributed by atoms with Crippen molar-refractivity contribution >= 4 is 22.4 Å². The molecule has 1 unspecified atom stereocenters. The summed E-state index contributed by atoms with van der Waals surface area (Å²) in [6, 6.07) is 5.39. The van der Waals surface area contributed by atoms with Crippen molar-refractivity contribution in [3.05, 3.63) is 39.1 Å². The SMILES string of the molecule is CC(O)c1nc(-c2ccc3[nH]c(=O)oc3c2)cs1. The number of nitrogens with one attached hydrogen (secondary N) is 1. The van der Waals surface area contributed by atoms with Gasteiger partial charge in [0.2, 0.25) is 0 Å². The van der Waals surface area contributed by atoms with E-state index in [1.807, 2.05) is 11.4 Å². The molecule has 0 aliphatic heterocycles. The lowest BCUT2D eigenvalue weighted by Gasteiger charge is -1.97. The lowest BCUT2D eigenvalue weighted by Crippen LogP contribution is -1.92. The van der Waals surface area contributed by atoms with Crippen molar-refractivity contribution in [3.63, 3.8) is 0 Å². The average molecular weight is 262 g/mol. The van der Waals surface area contributed by atoms with Gasteiger partial charge >= 0.3 is 5.76 Å². The third-order valence-electron chi connectivity index (χ3n) is 2.60. The molecular weight excluding hydrogens is 252 g/mol. The van der Waals surface area contributed by atoms with Crippen molar-refractivity contribution in [2.45, 2.75) is 13.0 Å². The highest BCUT2D eigenvalue weighted by Gasteiger charge is 2.10. The molecule has 0 radical (unpaired) electrons. The van der Waals surface area contributed by atoms with Crippen LogP contribution in [0.25, 0.3) is 22.4 Å². The minimum absolute atomic E-state index is 0.468. The predicted molar refractivity (Wildman–Crippen MR) is 68.6 cm³/mol. The van der Waals surface area contributed by atoms with E-state index in [0.717, 1.165) is 11.3 Å². The quantitative estimate of drug-likeness (QED) is 0.742. The van der Waals surface area contributed by atoms with Crippen LogP contribution in [-0.4, -0.2) is 15.1 Å². The molecule has 18 heavy (non-hydrogen) atoms. The number of aliphatic hydroxyl groups excluding tert-OH is 1. The zero-order valence-electron chi connectivity index (χ0n) is 9.51. The van der Waals surface area contributed by atoms with E-state index in [2.05, 4.69) is 9.97 Å². The highest BCUT2D eigenvalue weighted by Crippen LogP contribution is 2.27. The van der Waals surface area contributed by atoms with E-state index in [1.165, 1.54) is 11.3 Å². The van der Waals surface area contributed by atoms with Gasteiger partial charge in [0.25, 0.3) is 0 Å². The summed E-state index contributed by atoms with van der Waals surface area (Å²) in [5.74, 6) is -0.468. The van der Waals surface area contributed by atoms with Gasteiger partial charge < -0.3 is 9.52 Å². The minimum Gasteiger partial charge on any atom is -0.408 e. The molecular formula is C12H10N2O3S. The molecule has 3 aromatic rings. The van der Waals surface area contributed by atoms with Crippen molar-refractivity contribution in [2.75, 3.05) is 0 Å². The van der Waals surface area contributed by atoms with Gasteiger partial charge in [0.05, 0.1) is 11.2 Å². The van der Waals surface area contributed by atoms with Gasteiger partial charge in [-0.05, 0) is 19.1 Å². The monoisotopic (exact) mass is 262 g/mol. The smallest absolute Gasteiger partial charge is 0.408 e. The average Bonchev–Trinajstić information content (AvgIpc) is 2.91. The van der Waals surface area contributed by atoms with Gasteiger partial charge in [0, 0.05) is 10.9 Å². The summed E-state index contributed by atoms with van der Waals surface area (Å²) in [6.07, 6.45) is -0.572. The summed E-state index contributed by atoms with van der Waals surface area (Å²) < 4.78 is 5.00. The molecule has 1 aromatic carbocycles. The lowest BCUT2D eigenvalue weighted by molar-refractivity contribution is 0.199. The second-order valence-corrected chi connectivity index (χ2v) is 4.86. The normalized spacial score (nSPS) is 13.0. The van der Waals surface area contributed by atoms with Crippen molar-refractivity contribution in [2.24, 2.45) is 0 Å². The van der Waals surface area contributed by atoms with Gasteiger partial charge in [-0.15, -0.1) is 11.3 Å². The first kappa shape index (κ1) is 11.2. The number of aromatic nitrogens is 2. The molecule has 92 valence electrons. The van der Waals surface area contributed by atoms with Crippen LogP contribution in [-0.2, 0) is 0 Å². The number of benzene rings is 1. The minimum atomic E-state index is -0.572. The van der Waals surface area contributed by atoms with Gasteiger partial charge in [-0.2, -0.15) is 0 Å². The number of rotatable bonds is 2. The van der Waals surface area contributed by atoms with Crippen LogP contribution in [0.3, 0.4) is 0 Å². The molecule has 0 bridgehead atoms. The number of fused-ring (bicyclic) bond motifs is 1. The van der Waals surface area contributed by atoms with Crippen LogP contribution < -0.4 is 5.76 Å². The van der Waals surface area contributed by atoms with E-state index < -0.39 is 11.9 Å². The lowest BCUT2D eigenvalue weighted by atomic mass is 10.1. The summed E-state index contributed by atoms with van der Waals surface area (Å²) in [6.45, 7) is 1.68. The van der Waals surface area contributed by atoms with Crippen LogP contribution in [0.1, 0.15) is 18.0 Å². The maximum atomic E-state index is 11.1. The molecule has 6 heteroatoms. The summed E-state index contributed by atoms with van der Waals surface area (Å²) in [5, 5.41) is 12.0. The Labute approximate surface area is 106 Å². The molecule has 0 saturated heterocycles. The van der Waals surface area contributed by atoms with Gasteiger partial charge in [0.15, 0.2) is 5.58 Å².